The van der Waals surface area contributed by atoms with Crippen molar-refractivity contribution in [2.75, 3.05) is 26.2 Å². The molecular weight excluding hydrogens is 188 g/mol. The maximum atomic E-state index is 5.51. The monoisotopic (exact) mass is 210 g/mol. The van der Waals surface area contributed by atoms with Gasteiger partial charge < -0.3 is 10.6 Å². The standard InChI is InChI=1S/C11H22N4/c1-3-15(9-4-7-12)10-6-11-5-8-13-14(11)2/h5,8H,3-4,6-7,9-10,12H2,1-2H3. The summed E-state index contributed by atoms with van der Waals surface area (Å²) in [5.41, 5.74) is 6.80. The van der Waals surface area contributed by atoms with Crippen LogP contribution in [0.2, 0.25) is 0 Å². The predicted octanol–water partition coefficient (Wildman–Crippen LogP) is 0.633. The highest BCUT2D eigenvalue weighted by Crippen LogP contribution is 2.00. The SMILES string of the molecule is CCN(CCCN)CCc1ccnn1C. The van der Waals surface area contributed by atoms with Crippen molar-refractivity contribution in [3.05, 3.63) is 18.0 Å². The second kappa shape index (κ2) is 6.58. The Morgan fingerprint density at radius 1 is 1.47 bits per heavy atom. The van der Waals surface area contributed by atoms with Gasteiger partial charge in [-0.2, -0.15) is 5.10 Å². The summed E-state index contributed by atoms with van der Waals surface area (Å²) in [4.78, 5) is 2.43. The zero-order valence-electron chi connectivity index (χ0n) is 9.82. The fourth-order valence-corrected chi connectivity index (χ4v) is 1.66. The van der Waals surface area contributed by atoms with Gasteiger partial charge in [-0.25, -0.2) is 0 Å². The Morgan fingerprint density at radius 3 is 2.80 bits per heavy atom. The summed E-state index contributed by atoms with van der Waals surface area (Å²) >= 11 is 0. The van der Waals surface area contributed by atoms with Crippen molar-refractivity contribution in [1.29, 1.82) is 0 Å². The number of likely N-dealkylation sites (N-methyl/N-ethyl adjacent to an activating group) is 1. The molecule has 0 aliphatic heterocycles. The topological polar surface area (TPSA) is 47.1 Å². The highest BCUT2D eigenvalue weighted by Gasteiger charge is 2.04. The molecule has 86 valence electrons. The molecule has 0 saturated heterocycles. The summed E-state index contributed by atoms with van der Waals surface area (Å²) in [7, 11) is 1.99. The highest BCUT2D eigenvalue weighted by atomic mass is 15.3. The van der Waals surface area contributed by atoms with E-state index < -0.39 is 0 Å². The maximum absolute atomic E-state index is 5.51. The van der Waals surface area contributed by atoms with E-state index in [1.54, 1.807) is 0 Å². The van der Waals surface area contributed by atoms with Gasteiger partial charge in [-0.1, -0.05) is 6.92 Å². The molecule has 4 heteroatoms. The zero-order chi connectivity index (χ0) is 11.1. The van der Waals surface area contributed by atoms with Gasteiger partial charge in [0, 0.05) is 31.9 Å². The van der Waals surface area contributed by atoms with E-state index in [-0.39, 0.29) is 0 Å². The highest BCUT2D eigenvalue weighted by molar-refractivity contribution is 5.00. The quantitative estimate of drug-likeness (QED) is 0.718. The minimum atomic E-state index is 0.780. The minimum absolute atomic E-state index is 0.780. The number of rotatable bonds is 7. The average molecular weight is 210 g/mol. The van der Waals surface area contributed by atoms with E-state index in [0.29, 0.717) is 0 Å². The summed E-state index contributed by atoms with van der Waals surface area (Å²) in [6.45, 7) is 6.26. The summed E-state index contributed by atoms with van der Waals surface area (Å²) in [5.74, 6) is 0. The van der Waals surface area contributed by atoms with Crippen LogP contribution >= 0.6 is 0 Å². The summed E-state index contributed by atoms with van der Waals surface area (Å²) in [6, 6.07) is 2.08. The van der Waals surface area contributed by atoms with E-state index in [2.05, 4.69) is 23.0 Å². The van der Waals surface area contributed by atoms with Crippen LogP contribution in [0.5, 0.6) is 0 Å². The lowest BCUT2D eigenvalue weighted by molar-refractivity contribution is 0.287. The van der Waals surface area contributed by atoms with E-state index >= 15 is 0 Å². The molecule has 1 rings (SSSR count). The van der Waals surface area contributed by atoms with Crippen molar-refractivity contribution < 1.29 is 0 Å². The maximum Gasteiger partial charge on any atom is 0.0492 e. The largest absolute Gasteiger partial charge is 0.330 e. The molecule has 0 spiro atoms. The van der Waals surface area contributed by atoms with Crippen LogP contribution in [0.25, 0.3) is 0 Å². The molecule has 0 aromatic carbocycles. The van der Waals surface area contributed by atoms with Crippen molar-refractivity contribution >= 4 is 0 Å². The molecule has 1 heterocycles. The van der Waals surface area contributed by atoms with Gasteiger partial charge >= 0.3 is 0 Å². The summed E-state index contributed by atoms with van der Waals surface area (Å²) < 4.78 is 1.94. The molecule has 15 heavy (non-hydrogen) atoms. The molecule has 0 unspecified atom stereocenters. The van der Waals surface area contributed by atoms with Gasteiger partial charge in [0.2, 0.25) is 0 Å². The van der Waals surface area contributed by atoms with Gasteiger partial charge in [0.15, 0.2) is 0 Å². The fourth-order valence-electron chi connectivity index (χ4n) is 1.66. The first-order valence-corrected chi connectivity index (χ1v) is 5.67. The molecular formula is C11H22N4. The van der Waals surface area contributed by atoms with E-state index in [0.717, 1.165) is 39.0 Å². The first-order chi connectivity index (χ1) is 7.27. The number of hydrogen-bond acceptors (Lipinski definition) is 3. The second-order valence-corrected chi connectivity index (χ2v) is 3.77. The molecule has 0 amide bonds. The molecule has 0 fully saturated rings. The lowest BCUT2D eigenvalue weighted by atomic mass is 10.2. The van der Waals surface area contributed by atoms with Crippen LogP contribution in [0.15, 0.2) is 12.3 Å². The lowest BCUT2D eigenvalue weighted by Gasteiger charge is -2.19. The number of aromatic nitrogens is 2. The van der Waals surface area contributed by atoms with E-state index in [9.17, 15) is 0 Å². The first-order valence-electron chi connectivity index (χ1n) is 5.67. The Kier molecular flexibility index (Phi) is 5.36. The molecule has 1 aromatic rings. The van der Waals surface area contributed by atoms with Crippen molar-refractivity contribution in [3.8, 4) is 0 Å². The van der Waals surface area contributed by atoms with Crippen molar-refractivity contribution in [1.82, 2.24) is 14.7 Å². The first kappa shape index (κ1) is 12.2. The molecule has 0 aliphatic carbocycles. The molecule has 0 radical (unpaired) electrons. The molecule has 1 aromatic heterocycles. The van der Waals surface area contributed by atoms with Gasteiger partial charge in [0.05, 0.1) is 0 Å². The molecule has 0 bridgehead atoms. The van der Waals surface area contributed by atoms with Gasteiger partial charge in [-0.3, -0.25) is 4.68 Å². The number of hydrogen-bond donors (Lipinski definition) is 1. The summed E-state index contributed by atoms with van der Waals surface area (Å²) in [6.07, 6.45) is 4.00. The Balaban J connectivity index is 2.31. The Bertz CT molecular complexity index is 269. The number of aryl methyl sites for hydroxylation is 1. The second-order valence-electron chi connectivity index (χ2n) is 3.77. The van der Waals surface area contributed by atoms with E-state index in [4.69, 9.17) is 5.73 Å². The molecule has 2 N–H and O–H groups in total. The van der Waals surface area contributed by atoms with Gasteiger partial charge in [-0.05, 0) is 32.1 Å². The van der Waals surface area contributed by atoms with Crippen LogP contribution in [-0.4, -0.2) is 40.9 Å². The Hall–Kier alpha value is -0.870. The average Bonchev–Trinajstić information content (AvgIpc) is 2.65. The normalized spacial score (nSPS) is 11.2. The van der Waals surface area contributed by atoms with Gasteiger partial charge in [0.25, 0.3) is 0 Å². The molecule has 0 saturated carbocycles. The Labute approximate surface area is 92.1 Å². The predicted molar refractivity (Wildman–Crippen MR) is 62.7 cm³/mol. The van der Waals surface area contributed by atoms with E-state index in [1.807, 2.05) is 17.9 Å². The van der Waals surface area contributed by atoms with Crippen LogP contribution in [0.3, 0.4) is 0 Å². The van der Waals surface area contributed by atoms with Crippen LogP contribution < -0.4 is 5.73 Å². The van der Waals surface area contributed by atoms with Gasteiger partial charge in [0.1, 0.15) is 0 Å². The summed E-state index contributed by atoms with van der Waals surface area (Å²) in [5, 5.41) is 4.16. The number of nitrogens with zero attached hydrogens (tertiary/aromatic N) is 3. The van der Waals surface area contributed by atoms with Gasteiger partial charge in [-0.15, -0.1) is 0 Å². The fraction of sp³-hybridized carbons (Fsp3) is 0.727. The zero-order valence-corrected chi connectivity index (χ0v) is 9.82. The van der Waals surface area contributed by atoms with Crippen molar-refractivity contribution in [2.45, 2.75) is 19.8 Å². The molecule has 0 aliphatic rings. The third-order valence-corrected chi connectivity index (χ3v) is 2.73. The minimum Gasteiger partial charge on any atom is -0.330 e. The van der Waals surface area contributed by atoms with E-state index in [1.165, 1.54) is 5.69 Å². The lowest BCUT2D eigenvalue weighted by Crippen LogP contribution is -2.28. The van der Waals surface area contributed by atoms with Crippen molar-refractivity contribution in [3.63, 3.8) is 0 Å². The third kappa shape index (κ3) is 4.01. The third-order valence-electron chi connectivity index (χ3n) is 2.73. The van der Waals surface area contributed by atoms with Crippen LogP contribution in [0.4, 0.5) is 0 Å². The molecule has 0 atom stereocenters. The Morgan fingerprint density at radius 2 is 2.27 bits per heavy atom. The smallest absolute Gasteiger partial charge is 0.0492 e. The van der Waals surface area contributed by atoms with Crippen LogP contribution in [0.1, 0.15) is 19.0 Å². The van der Waals surface area contributed by atoms with Crippen molar-refractivity contribution in [2.24, 2.45) is 12.8 Å². The van der Waals surface area contributed by atoms with Crippen LogP contribution in [0, 0.1) is 0 Å². The molecule has 4 nitrogen and oxygen atoms in total. The van der Waals surface area contributed by atoms with Crippen LogP contribution in [-0.2, 0) is 13.5 Å². The number of nitrogens with two attached hydrogens (primary N) is 1.